The van der Waals surface area contributed by atoms with Crippen molar-refractivity contribution in [3.63, 3.8) is 0 Å². The Morgan fingerprint density at radius 3 is 2.44 bits per heavy atom. The third-order valence-electron chi connectivity index (χ3n) is 6.29. The number of thiazole rings is 1. The van der Waals surface area contributed by atoms with Crippen LogP contribution < -0.4 is 20.2 Å². The number of carbonyl (C=O) groups is 1. The lowest BCUT2D eigenvalue weighted by atomic mass is 10.1. The van der Waals surface area contributed by atoms with Crippen LogP contribution >= 0.6 is 27.3 Å². The van der Waals surface area contributed by atoms with Gasteiger partial charge in [0, 0.05) is 32.2 Å². The fraction of sp³-hybridized carbons (Fsp3) is 0.121. The van der Waals surface area contributed by atoms with Crippen LogP contribution in [0.2, 0.25) is 0 Å². The van der Waals surface area contributed by atoms with Crippen LogP contribution in [0.4, 0.5) is 15.2 Å². The van der Waals surface area contributed by atoms with Gasteiger partial charge in [-0.15, -0.1) is 11.3 Å². The zero-order chi connectivity index (χ0) is 30.2. The number of aryl methyl sites for hydroxylation is 1. The van der Waals surface area contributed by atoms with Gasteiger partial charge in [-0.3, -0.25) is 4.79 Å². The maximum Gasteiger partial charge on any atom is 0.271 e. The molecule has 0 saturated carbocycles. The van der Waals surface area contributed by atoms with Crippen LogP contribution in [-0.4, -0.2) is 23.7 Å². The highest BCUT2D eigenvalue weighted by molar-refractivity contribution is 9.10. The van der Waals surface area contributed by atoms with E-state index >= 15 is 0 Å². The van der Waals surface area contributed by atoms with E-state index in [1.54, 1.807) is 36.4 Å². The topological polar surface area (TPSA) is 84.8 Å². The molecule has 0 aliphatic heterocycles. The highest BCUT2D eigenvalue weighted by Crippen LogP contribution is 2.34. The van der Waals surface area contributed by atoms with Crippen LogP contribution in [0.3, 0.4) is 0 Å². The normalized spacial score (nSPS) is 11.0. The van der Waals surface area contributed by atoms with Gasteiger partial charge in [-0.05, 0) is 83.9 Å². The predicted octanol–water partition coefficient (Wildman–Crippen LogP) is 8.51. The standard InChI is InChI=1S/C33H28BrFN4O3S/c1-3-41-30-16-25(28(34)17-31(30)42-19-22-6-12-26(35)13-7-22)18-36-39-32(40)24-10-8-23(9-11-24)29-20-43-33(38-29)37-27-14-4-21(2)5-15-27/h4-18,20H,3,19H2,1-2H3,(H,37,38)(H,39,40)/b36-18-. The summed E-state index contributed by atoms with van der Waals surface area (Å²) in [6.07, 6.45) is 1.53. The summed E-state index contributed by atoms with van der Waals surface area (Å²) < 4.78 is 25.6. The number of amides is 1. The van der Waals surface area contributed by atoms with Crippen LogP contribution in [0, 0.1) is 12.7 Å². The molecule has 43 heavy (non-hydrogen) atoms. The molecule has 0 saturated heterocycles. The summed E-state index contributed by atoms with van der Waals surface area (Å²) in [7, 11) is 0. The van der Waals surface area contributed by atoms with Crippen molar-refractivity contribution in [2.45, 2.75) is 20.5 Å². The van der Waals surface area contributed by atoms with Crippen LogP contribution in [0.15, 0.2) is 99.9 Å². The first-order valence-corrected chi connectivity index (χ1v) is 15.1. The Bertz CT molecular complexity index is 1720. The number of rotatable bonds is 11. The lowest BCUT2D eigenvalue weighted by Gasteiger charge is -2.14. The van der Waals surface area contributed by atoms with Gasteiger partial charge in [0.05, 0.1) is 18.5 Å². The van der Waals surface area contributed by atoms with E-state index in [0.29, 0.717) is 33.7 Å². The average Bonchev–Trinajstić information content (AvgIpc) is 3.48. The smallest absolute Gasteiger partial charge is 0.271 e. The van der Waals surface area contributed by atoms with Gasteiger partial charge in [0.1, 0.15) is 12.4 Å². The van der Waals surface area contributed by atoms with E-state index in [4.69, 9.17) is 9.47 Å². The van der Waals surface area contributed by atoms with Crippen molar-refractivity contribution < 1.29 is 18.7 Å². The second-order valence-corrected chi connectivity index (χ2v) is 11.2. The number of halogens is 2. The molecule has 1 amide bonds. The maximum absolute atomic E-state index is 13.2. The number of hydrogen-bond acceptors (Lipinski definition) is 7. The number of nitrogens with one attached hydrogen (secondary N) is 2. The first-order valence-electron chi connectivity index (χ1n) is 13.4. The second-order valence-electron chi connectivity index (χ2n) is 9.47. The fourth-order valence-corrected chi connectivity index (χ4v) is 5.18. The zero-order valence-electron chi connectivity index (χ0n) is 23.4. The Balaban J connectivity index is 1.19. The molecule has 2 N–H and O–H groups in total. The average molecular weight is 660 g/mol. The fourth-order valence-electron chi connectivity index (χ4n) is 4.01. The summed E-state index contributed by atoms with van der Waals surface area (Å²) in [5.41, 5.74) is 8.45. The number of benzene rings is 4. The molecule has 1 aromatic heterocycles. The summed E-state index contributed by atoms with van der Waals surface area (Å²) in [6.45, 7) is 4.61. The van der Waals surface area contributed by atoms with Gasteiger partial charge in [-0.1, -0.05) is 42.0 Å². The van der Waals surface area contributed by atoms with E-state index in [2.05, 4.69) is 36.8 Å². The Hall–Kier alpha value is -4.54. The largest absolute Gasteiger partial charge is 0.490 e. The molecule has 0 aliphatic carbocycles. The molecule has 4 aromatic carbocycles. The predicted molar refractivity (Wildman–Crippen MR) is 173 cm³/mol. The van der Waals surface area contributed by atoms with Gasteiger partial charge < -0.3 is 14.8 Å². The number of nitrogens with zero attached hydrogens (tertiary/aromatic N) is 2. The molecule has 7 nitrogen and oxygen atoms in total. The van der Waals surface area contributed by atoms with Gasteiger partial charge in [0.15, 0.2) is 16.6 Å². The van der Waals surface area contributed by atoms with E-state index in [1.807, 2.05) is 55.6 Å². The van der Waals surface area contributed by atoms with Gasteiger partial charge in [-0.25, -0.2) is 14.8 Å². The van der Waals surface area contributed by atoms with Gasteiger partial charge >= 0.3 is 0 Å². The third-order valence-corrected chi connectivity index (χ3v) is 7.73. The molecule has 5 rings (SSSR count). The van der Waals surface area contributed by atoms with E-state index in [-0.39, 0.29) is 18.3 Å². The van der Waals surface area contributed by atoms with Crippen LogP contribution in [0.1, 0.15) is 34.0 Å². The molecule has 1 heterocycles. The van der Waals surface area contributed by atoms with Crippen LogP contribution in [0.25, 0.3) is 11.3 Å². The Labute approximate surface area is 261 Å². The van der Waals surface area contributed by atoms with Gasteiger partial charge in [-0.2, -0.15) is 5.10 Å². The third kappa shape index (κ3) is 8.06. The highest BCUT2D eigenvalue weighted by atomic mass is 79.9. The molecule has 0 fully saturated rings. The second kappa shape index (κ2) is 14.1. The molecular weight excluding hydrogens is 631 g/mol. The SMILES string of the molecule is CCOc1cc(/C=N\NC(=O)c2ccc(-c3csc(Nc4ccc(C)cc4)n3)cc2)c(Br)cc1OCc1ccc(F)cc1. The molecular formula is C33H28BrFN4O3S. The number of carbonyl (C=O) groups excluding carboxylic acids is 1. The van der Waals surface area contributed by atoms with E-state index in [0.717, 1.165) is 27.6 Å². The summed E-state index contributed by atoms with van der Waals surface area (Å²) >= 11 is 5.05. The van der Waals surface area contributed by atoms with Crippen LogP contribution in [0.5, 0.6) is 11.5 Å². The van der Waals surface area contributed by atoms with E-state index < -0.39 is 0 Å². The molecule has 0 unspecified atom stereocenters. The number of aromatic nitrogens is 1. The molecule has 0 radical (unpaired) electrons. The number of ether oxygens (including phenoxy) is 2. The minimum Gasteiger partial charge on any atom is -0.490 e. The highest BCUT2D eigenvalue weighted by Gasteiger charge is 2.12. The molecule has 5 aromatic rings. The van der Waals surface area contributed by atoms with Gasteiger partial charge in [0.25, 0.3) is 5.91 Å². The van der Waals surface area contributed by atoms with Gasteiger partial charge in [0.2, 0.25) is 0 Å². The first-order chi connectivity index (χ1) is 20.9. The van der Waals surface area contributed by atoms with E-state index in [1.165, 1.54) is 35.2 Å². The monoisotopic (exact) mass is 658 g/mol. The lowest BCUT2D eigenvalue weighted by molar-refractivity contribution is 0.0955. The Morgan fingerprint density at radius 1 is 1.00 bits per heavy atom. The van der Waals surface area contributed by atoms with Crippen molar-refractivity contribution in [1.82, 2.24) is 10.4 Å². The zero-order valence-corrected chi connectivity index (χ0v) is 25.8. The van der Waals surface area contributed by atoms with Crippen molar-refractivity contribution in [3.05, 3.63) is 123 Å². The molecule has 0 bridgehead atoms. The van der Waals surface area contributed by atoms with Crippen molar-refractivity contribution in [1.29, 1.82) is 0 Å². The quantitative estimate of drug-likeness (QED) is 0.110. The number of anilines is 2. The van der Waals surface area contributed by atoms with E-state index in [9.17, 15) is 9.18 Å². The van der Waals surface area contributed by atoms with Crippen molar-refractivity contribution >= 4 is 50.2 Å². The van der Waals surface area contributed by atoms with Crippen molar-refractivity contribution in [2.75, 3.05) is 11.9 Å². The first kappa shape index (κ1) is 29.9. The molecule has 218 valence electrons. The minimum atomic E-state index is -0.344. The number of hydrogen-bond donors (Lipinski definition) is 2. The molecule has 0 spiro atoms. The van der Waals surface area contributed by atoms with Crippen molar-refractivity contribution in [2.24, 2.45) is 5.10 Å². The molecule has 0 atom stereocenters. The van der Waals surface area contributed by atoms with Crippen LogP contribution in [-0.2, 0) is 6.61 Å². The lowest BCUT2D eigenvalue weighted by Crippen LogP contribution is -2.17. The summed E-state index contributed by atoms with van der Waals surface area (Å²) in [4.78, 5) is 17.4. The summed E-state index contributed by atoms with van der Waals surface area (Å²) in [6, 6.07) is 25.0. The minimum absolute atomic E-state index is 0.253. The Kier molecular flexibility index (Phi) is 9.81. The summed E-state index contributed by atoms with van der Waals surface area (Å²) in [5.74, 6) is 0.405. The van der Waals surface area contributed by atoms with Crippen molar-refractivity contribution in [3.8, 4) is 22.8 Å². The maximum atomic E-state index is 13.2. The summed E-state index contributed by atoms with van der Waals surface area (Å²) in [5, 5.41) is 10.2. The number of hydrazone groups is 1. The molecule has 10 heteroatoms. The molecule has 0 aliphatic rings. The Morgan fingerprint density at radius 2 is 1.72 bits per heavy atom.